The fourth-order valence-electron chi connectivity index (χ4n) is 4.30. The number of aryl methyl sites for hydroxylation is 1. The van der Waals surface area contributed by atoms with Crippen molar-refractivity contribution in [1.82, 2.24) is 19.8 Å². The maximum absolute atomic E-state index is 12.5. The lowest BCUT2D eigenvalue weighted by atomic mass is 9.92. The first-order valence-corrected chi connectivity index (χ1v) is 10.3. The van der Waals surface area contributed by atoms with Gasteiger partial charge in [0.2, 0.25) is 5.91 Å². The zero-order chi connectivity index (χ0) is 18.0. The molecule has 0 unspecified atom stereocenters. The van der Waals surface area contributed by atoms with E-state index < -0.39 is 0 Å². The number of aromatic nitrogens is 2. The summed E-state index contributed by atoms with van der Waals surface area (Å²) in [6, 6.07) is 4.64. The first kappa shape index (κ1) is 17.6. The minimum absolute atomic E-state index is 0.296. The predicted octanol–water partition coefficient (Wildman–Crippen LogP) is 2.98. The van der Waals surface area contributed by atoms with Crippen LogP contribution in [0.3, 0.4) is 0 Å². The molecule has 1 saturated heterocycles. The van der Waals surface area contributed by atoms with Crippen molar-refractivity contribution in [3.63, 3.8) is 0 Å². The number of rotatable bonds is 6. The van der Waals surface area contributed by atoms with Crippen LogP contribution in [0, 0.1) is 5.41 Å². The number of nitrogens with zero attached hydrogens (tertiary/aromatic N) is 4. The van der Waals surface area contributed by atoms with Gasteiger partial charge in [-0.3, -0.25) is 14.7 Å². The van der Waals surface area contributed by atoms with Gasteiger partial charge in [0.15, 0.2) is 0 Å². The quantitative estimate of drug-likeness (QED) is 0.784. The summed E-state index contributed by atoms with van der Waals surface area (Å²) in [7, 11) is 2.22. The molecule has 1 spiro atoms. The molecule has 2 aromatic heterocycles. The molecular formula is C20H26N4OS. The monoisotopic (exact) mass is 370 g/mol. The van der Waals surface area contributed by atoms with E-state index in [0.29, 0.717) is 23.8 Å². The van der Waals surface area contributed by atoms with Crippen LogP contribution in [0.15, 0.2) is 36.1 Å². The Labute approximate surface area is 159 Å². The van der Waals surface area contributed by atoms with Crippen molar-refractivity contribution in [2.75, 3.05) is 20.1 Å². The Morgan fingerprint density at radius 2 is 2.08 bits per heavy atom. The van der Waals surface area contributed by atoms with E-state index in [0.717, 1.165) is 38.9 Å². The Kier molecular flexibility index (Phi) is 5.05. The molecular weight excluding hydrogens is 344 g/mol. The first-order chi connectivity index (χ1) is 12.7. The highest BCUT2D eigenvalue weighted by Crippen LogP contribution is 2.56. The molecule has 4 rings (SSSR count). The highest BCUT2D eigenvalue weighted by Gasteiger charge is 2.56. The minimum Gasteiger partial charge on any atom is -0.343 e. The largest absolute Gasteiger partial charge is 0.343 e. The van der Waals surface area contributed by atoms with Gasteiger partial charge in [0.1, 0.15) is 5.01 Å². The second kappa shape index (κ2) is 7.45. The molecule has 138 valence electrons. The number of hydrogen-bond acceptors (Lipinski definition) is 5. The van der Waals surface area contributed by atoms with Gasteiger partial charge in [-0.2, -0.15) is 0 Å². The highest BCUT2D eigenvalue weighted by atomic mass is 32.1. The molecule has 0 N–H and O–H groups in total. The Morgan fingerprint density at radius 1 is 1.31 bits per heavy atom. The van der Waals surface area contributed by atoms with Crippen LogP contribution in [0.1, 0.15) is 36.3 Å². The number of thiazole rings is 1. The van der Waals surface area contributed by atoms with E-state index in [4.69, 9.17) is 0 Å². The predicted molar refractivity (Wildman–Crippen MR) is 103 cm³/mol. The van der Waals surface area contributed by atoms with Gasteiger partial charge in [0, 0.05) is 49.5 Å². The van der Waals surface area contributed by atoms with Crippen molar-refractivity contribution in [3.8, 4) is 0 Å². The average Bonchev–Trinajstić information content (AvgIpc) is 3.11. The zero-order valence-corrected chi connectivity index (χ0v) is 16.1. The molecule has 1 atom stereocenters. The molecule has 2 aromatic rings. The van der Waals surface area contributed by atoms with E-state index >= 15 is 0 Å². The standard InChI is InChI=1S/C20H26N4OS/c1-23(15-18-22-10-13-26-18)17-14-20(17)6-11-24(12-7-20)19(25)3-2-16-4-8-21-9-5-16/h4-5,8-10,13,17H,2-3,6-7,11-12,14-15H2,1H3/t17-/m1/s1. The van der Waals surface area contributed by atoms with Crippen LogP contribution >= 0.6 is 11.3 Å². The Morgan fingerprint density at radius 3 is 2.77 bits per heavy atom. The van der Waals surface area contributed by atoms with Crippen molar-refractivity contribution in [3.05, 3.63) is 46.7 Å². The average molecular weight is 371 g/mol. The smallest absolute Gasteiger partial charge is 0.222 e. The Balaban J connectivity index is 1.23. The van der Waals surface area contributed by atoms with Gasteiger partial charge in [-0.1, -0.05) is 0 Å². The second-order valence-corrected chi connectivity index (χ2v) is 8.64. The van der Waals surface area contributed by atoms with Crippen LogP contribution in [0.25, 0.3) is 0 Å². The van der Waals surface area contributed by atoms with Crippen molar-refractivity contribution < 1.29 is 4.79 Å². The molecule has 1 saturated carbocycles. The fraction of sp³-hybridized carbons (Fsp3) is 0.550. The molecule has 1 aliphatic heterocycles. The molecule has 3 heterocycles. The molecule has 2 aliphatic rings. The number of piperidine rings is 1. The Bertz CT molecular complexity index is 726. The summed E-state index contributed by atoms with van der Waals surface area (Å²) in [5, 5.41) is 3.24. The molecule has 1 aliphatic carbocycles. The molecule has 5 nitrogen and oxygen atoms in total. The lowest BCUT2D eigenvalue weighted by Gasteiger charge is -2.34. The Hall–Kier alpha value is -1.79. The summed E-state index contributed by atoms with van der Waals surface area (Å²) >= 11 is 1.73. The van der Waals surface area contributed by atoms with Gasteiger partial charge in [0.05, 0.1) is 6.54 Å². The zero-order valence-electron chi connectivity index (χ0n) is 15.3. The van der Waals surface area contributed by atoms with E-state index in [2.05, 4.69) is 26.8 Å². The van der Waals surface area contributed by atoms with Crippen molar-refractivity contribution in [2.24, 2.45) is 5.41 Å². The lowest BCUT2D eigenvalue weighted by molar-refractivity contribution is -0.132. The molecule has 1 amide bonds. The molecule has 6 heteroatoms. The number of carbonyl (C=O) groups is 1. The van der Waals surface area contributed by atoms with Crippen LogP contribution in [-0.4, -0.2) is 51.9 Å². The third kappa shape index (κ3) is 3.81. The van der Waals surface area contributed by atoms with Gasteiger partial charge in [-0.05, 0) is 55.8 Å². The number of pyridine rings is 1. The van der Waals surface area contributed by atoms with E-state index in [9.17, 15) is 4.79 Å². The maximum atomic E-state index is 12.5. The summed E-state index contributed by atoms with van der Waals surface area (Å²) in [5.74, 6) is 0.296. The van der Waals surface area contributed by atoms with E-state index in [1.165, 1.54) is 17.0 Å². The summed E-state index contributed by atoms with van der Waals surface area (Å²) < 4.78 is 0. The SMILES string of the molecule is CN(Cc1nccs1)[C@@H]1CC12CCN(C(=O)CCc1ccncc1)CC2. The van der Waals surface area contributed by atoms with Crippen LogP contribution in [0.4, 0.5) is 0 Å². The highest BCUT2D eigenvalue weighted by molar-refractivity contribution is 7.09. The normalized spacial score (nSPS) is 21.3. The fourth-order valence-corrected chi connectivity index (χ4v) is 4.98. The van der Waals surface area contributed by atoms with Crippen LogP contribution in [-0.2, 0) is 17.8 Å². The van der Waals surface area contributed by atoms with Crippen LogP contribution < -0.4 is 0 Å². The lowest BCUT2D eigenvalue weighted by Crippen LogP contribution is -2.41. The van der Waals surface area contributed by atoms with E-state index in [-0.39, 0.29) is 0 Å². The number of carbonyl (C=O) groups excluding carboxylic acids is 1. The second-order valence-electron chi connectivity index (χ2n) is 7.66. The van der Waals surface area contributed by atoms with Crippen LogP contribution in [0.5, 0.6) is 0 Å². The van der Waals surface area contributed by atoms with Crippen molar-refractivity contribution in [1.29, 1.82) is 0 Å². The van der Waals surface area contributed by atoms with Gasteiger partial charge in [-0.15, -0.1) is 11.3 Å². The molecule has 0 aromatic carbocycles. The number of amides is 1. The third-order valence-electron chi connectivity index (χ3n) is 6.04. The van der Waals surface area contributed by atoms with Crippen LogP contribution in [0.2, 0.25) is 0 Å². The summed E-state index contributed by atoms with van der Waals surface area (Å²) in [4.78, 5) is 25.5. The summed E-state index contributed by atoms with van der Waals surface area (Å²) in [5.41, 5.74) is 1.63. The molecule has 2 fully saturated rings. The molecule has 26 heavy (non-hydrogen) atoms. The summed E-state index contributed by atoms with van der Waals surface area (Å²) in [6.07, 6.45) is 10.4. The van der Waals surface area contributed by atoms with Gasteiger partial charge in [0.25, 0.3) is 0 Å². The van der Waals surface area contributed by atoms with Gasteiger partial charge >= 0.3 is 0 Å². The topological polar surface area (TPSA) is 49.3 Å². The molecule has 0 bridgehead atoms. The van der Waals surface area contributed by atoms with Crippen molar-refractivity contribution >= 4 is 17.2 Å². The number of hydrogen-bond donors (Lipinski definition) is 0. The number of likely N-dealkylation sites (tertiary alicyclic amines) is 1. The summed E-state index contributed by atoms with van der Waals surface area (Å²) in [6.45, 7) is 2.77. The third-order valence-corrected chi connectivity index (χ3v) is 6.80. The van der Waals surface area contributed by atoms with Crippen molar-refractivity contribution in [2.45, 2.75) is 44.7 Å². The van der Waals surface area contributed by atoms with E-state index in [1.807, 2.05) is 23.7 Å². The van der Waals surface area contributed by atoms with Gasteiger partial charge in [-0.25, -0.2) is 4.98 Å². The van der Waals surface area contributed by atoms with E-state index in [1.54, 1.807) is 23.7 Å². The maximum Gasteiger partial charge on any atom is 0.222 e. The van der Waals surface area contributed by atoms with Gasteiger partial charge < -0.3 is 4.90 Å². The first-order valence-electron chi connectivity index (χ1n) is 9.42. The molecule has 0 radical (unpaired) electrons. The minimum atomic E-state index is 0.296.